The molecule has 0 saturated heterocycles. The maximum absolute atomic E-state index is 11.0. The van der Waals surface area contributed by atoms with Gasteiger partial charge in [-0.3, -0.25) is 9.78 Å². The summed E-state index contributed by atoms with van der Waals surface area (Å²) in [5, 5.41) is 10.9. The van der Waals surface area contributed by atoms with Crippen molar-refractivity contribution >= 4 is 28.2 Å². The fourth-order valence-corrected chi connectivity index (χ4v) is 4.07. The molecule has 0 saturated carbocycles. The normalized spacial score (nSPS) is 11.0. The number of nitrogens with one attached hydrogen (secondary N) is 1. The van der Waals surface area contributed by atoms with Crippen molar-refractivity contribution in [2.45, 2.75) is 19.8 Å². The average molecular weight is 393 g/mol. The van der Waals surface area contributed by atoms with E-state index in [4.69, 9.17) is 14.8 Å². The third kappa shape index (κ3) is 3.89. The largest absolute Gasteiger partial charge is 0.493 e. The van der Waals surface area contributed by atoms with Crippen LogP contribution >= 0.6 is 11.3 Å². The fourth-order valence-electron chi connectivity index (χ4n) is 3.10. The molecule has 0 unspecified atom stereocenters. The predicted molar refractivity (Wildman–Crippen MR) is 109 cm³/mol. The minimum Gasteiger partial charge on any atom is -0.493 e. The highest BCUT2D eigenvalue weighted by molar-refractivity contribution is 7.15. The van der Waals surface area contributed by atoms with E-state index >= 15 is 0 Å². The van der Waals surface area contributed by atoms with E-state index in [1.807, 2.05) is 30.3 Å². The number of H-pyrrole nitrogens is 1. The number of fused-ring (bicyclic) bond motifs is 1. The molecule has 0 radical (unpaired) electrons. The number of hydrogen-bond donors (Lipinski definition) is 2. The van der Waals surface area contributed by atoms with Crippen molar-refractivity contribution in [1.82, 2.24) is 15.0 Å². The van der Waals surface area contributed by atoms with Crippen LogP contribution in [0.4, 0.5) is 0 Å². The van der Waals surface area contributed by atoms with Gasteiger partial charge >= 0.3 is 5.97 Å². The van der Waals surface area contributed by atoms with Crippen molar-refractivity contribution in [2.24, 2.45) is 0 Å². The van der Waals surface area contributed by atoms with E-state index in [2.05, 4.69) is 16.9 Å². The van der Waals surface area contributed by atoms with Crippen molar-refractivity contribution in [3.8, 4) is 16.3 Å². The molecule has 4 aromatic rings. The summed E-state index contributed by atoms with van der Waals surface area (Å²) in [4.78, 5) is 24.1. The Labute approximate surface area is 165 Å². The number of thiazole rings is 1. The van der Waals surface area contributed by atoms with Crippen LogP contribution in [0.15, 0.2) is 48.9 Å². The summed E-state index contributed by atoms with van der Waals surface area (Å²) >= 11 is 1.67. The topological polar surface area (TPSA) is 88.1 Å². The number of hydrogen-bond acceptors (Lipinski definition) is 5. The molecule has 6 nitrogen and oxygen atoms in total. The Balaban J connectivity index is 1.44. The number of pyridine rings is 1. The molecule has 0 aliphatic carbocycles. The molecule has 2 N–H and O–H groups in total. The minimum absolute atomic E-state index is 0.0146. The quantitative estimate of drug-likeness (QED) is 0.490. The van der Waals surface area contributed by atoms with Crippen LogP contribution in [0.2, 0.25) is 0 Å². The Morgan fingerprint density at radius 1 is 1.25 bits per heavy atom. The molecule has 4 rings (SSSR count). The number of rotatable bonds is 7. The molecule has 0 spiro atoms. The minimum atomic E-state index is -0.851. The summed E-state index contributed by atoms with van der Waals surface area (Å²) in [7, 11) is 0. The number of aromatic amines is 1. The van der Waals surface area contributed by atoms with Gasteiger partial charge < -0.3 is 14.8 Å². The van der Waals surface area contributed by atoms with Gasteiger partial charge in [0.1, 0.15) is 10.8 Å². The summed E-state index contributed by atoms with van der Waals surface area (Å²) in [6, 6.07) is 9.60. The highest BCUT2D eigenvalue weighted by Crippen LogP contribution is 2.28. The number of aliphatic carboxylic acids is 1. The molecule has 1 aromatic carbocycles. The number of aryl methyl sites for hydroxylation is 1. The molecule has 0 bridgehead atoms. The zero-order valence-electron chi connectivity index (χ0n) is 15.3. The van der Waals surface area contributed by atoms with E-state index in [9.17, 15) is 4.79 Å². The molecular weight excluding hydrogens is 374 g/mol. The van der Waals surface area contributed by atoms with Gasteiger partial charge in [-0.05, 0) is 42.8 Å². The lowest BCUT2D eigenvalue weighted by molar-refractivity contribution is -0.136. The summed E-state index contributed by atoms with van der Waals surface area (Å²) in [5.41, 5.74) is 3.76. The molecule has 142 valence electrons. The van der Waals surface area contributed by atoms with E-state index in [1.165, 1.54) is 4.88 Å². The Hall–Kier alpha value is -3.19. The number of carboxylic acid groups (broad SMARTS) is 1. The molecular formula is C21H19N3O3S. The monoisotopic (exact) mass is 393 g/mol. The Kier molecular flexibility index (Phi) is 5.08. The van der Waals surface area contributed by atoms with Crippen molar-refractivity contribution < 1.29 is 14.6 Å². The van der Waals surface area contributed by atoms with Crippen LogP contribution in [0.3, 0.4) is 0 Å². The van der Waals surface area contributed by atoms with Crippen molar-refractivity contribution in [1.29, 1.82) is 0 Å². The molecule has 3 heterocycles. The molecule has 0 fully saturated rings. The van der Waals surface area contributed by atoms with Crippen LogP contribution < -0.4 is 4.74 Å². The third-order valence-corrected chi connectivity index (χ3v) is 5.57. The van der Waals surface area contributed by atoms with Crippen LogP contribution in [0, 0.1) is 6.92 Å². The van der Waals surface area contributed by atoms with Gasteiger partial charge in [0.2, 0.25) is 0 Å². The van der Waals surface area contributed by atoms with Gasteiger partial charge in [0.15, 0.2) is 0 Å². The van der Waals surface area contributed by atoms with E-state index in [-0.39, 0.29) is 6.42 Å². The molecule has 0 atom stereocenters. The Bertz CT molecular complexity index is 1120. The molecule has 0 amide bonds. The second kappa shape index (κ2) is 7.82. The maximum Gasteiger partial charge on any atom is 0.307 e. The second-order valence-corrected chi connectivity index (χ2v) is 7.65. The highest BCUT2D eigenvalue weighted by Gasteiger charge is 2.11. The standard InChI is InChI=1S/C21H19N3O3S/c1-13-18(24-21(28-13)14-4-7-22-8-5-14)6-9-27-16-2-3-19-17(11-16)15(12-23-19)10-20(25)26/h2-5,7-8,11-12,23H,6,9-10H2,1H3,(H,25,26). The third-order valence-electron chi connectivity index (χ3n) is 4.51. The fraction of sp³-hybridized carbons (Fsp3) is 0.190. The molecule has 0 aliphatic heterocycles. The van der Waals surface area contributed by atoms with Crippen LogP contribution in [-0.2, 0) is 17.6 Å². The van der Waals surface area contributed by atoms with Crippen molar-refractivity contribution in [2.75, 3.05) is 6.61 Å². The van der Waals surface area contributed by atoms with Gasteiger partial charge in [0, 0.05) is 46.4 Å². The lowest BCUT2D eigenvalue weighted by atomic mass is 10.1. The Morgan fingerprint density at radius 2 is 2.07 bits per heavy atom. The summed E-state index contributed by atoms with van der Waals surface area (Å²) in [6.07, 6.45) is 5.97. The number of carbonyl (C=O) groups is 1. The first kappa shape index (κ1) is 18.2. The van der Waals surface area contributed by atoms with E-state index in [0.717, 1.165) is 38.5 Å². The summed E-state index contributed by atoms with van der Waals surface area (Å²) in [6.45, 7) is 2.58. The zero-order chi connectivity index (χ0) is 19.5. The van der Waals surface area contributed by atoms with Gasteiger partial charge in [0.05, 0.1) is 18.7 Å². The summed E-state index contributed by atoms with van der Waals surface area (Å²) < 4.78 is 5.91. The van der Waals surface area contributed by atoms with E-state index in [1.54, 1.807) is 29.9 Å². The first-order valence-corrected chi connectivity index (χ1v) is 9.73. The number of benzene rings is 1. The smallest absolute Gasteiger partial charge is 0.307 e. The lowest BCUT2D eigenvalue weighted by Gasteiger charge is -2.06. The lowest BCUT2D eigenvalue weighted by Crippen LogP contribution is -2.03. The number of carboxylic acids is 1. The molecule has 3 aromatic heterocycles. The van der Waals surface area contributed by atoms with Gasteiger partial charge in [-0.1, -0.05) is 0 Å². The van der Waals surface area contributed by atoms with E-state index < -0.39 is 5.97 Å². The van der Waals surface area contributed by atoms with E-state index in [0.29, 0.717) is 13.0 Å². The van der Waals surface area contributed by atoms with Crippen molar-refractivity contribution in [3.05, 3.63) is 65.1 Å². The van der Waals surface area contributed by atoms with Gasteiger partial charge in [0.25, 0.3) is 0 Å². The van der Waals surface area contributed by atoms with Crippen LogP contribution in [-0.4, -0.2) is 32.6 Å². The first-order chi connectivity index (χ1) is 13.6. The van der Waals surface area contributed by atoms with Crippen molar-refractivity contribution in [3.63, 3.8) is 0 Å². The van der Waals surface area contributed by atoms with Crippen LogP contribution in [0.5, 0.6) is 5.75 Å². The number of aromatic nitrogens is 3. The first-order valence-electron chi connectivity index (χ1n) is 8.91. The molecule has 7 heteroatoms. The van der Waals surface area contributed by atoms with Crippen LogP contribution in [0.1, 0.15) is 16.1 Å². The molecule has 28 heavy (non-hydrogen) atoms. The zero-order valence-corrected chi connectivity index (χ0v) is 16.1. The second-order valence-electron chi connectivity index (χ2n) is 6.45. The summed E-state index contributed by atoms with van der Waals surface area (Å²) in [5.74, 6) is -0.128. The highest BCUT2D eigenvalue weighted by atomic mass is 32.1. The number of ether oxygens (including phenoxy) is 1. The molecule has 0 aliphatic rings. The predicted octanol–water partition coefficient (Wildman–Crippen LogP) is 4.24. The number of nitrogens with zero attached hydrogens (tertiary/aromatic N) is 2. The van der Waals surface area contributed by atoms with Gasteiger partial charge in [-0.2, -0.15) is 0 Å². The Morgan fingerprint density at radius 3 is 2.86 bits per heavy atom. The van der Waals surface area contributed by atoms with Gasteiger partial charge in [-0.25, -0.2) is 4.98 Å². The average Bonchev–Trinajstić information content (AvgIpc) is 3.26. The van der Waals surface area contributed by atoms with Crippen LogP contribution in [0.25, 0.3) is 21.5 Å². The van der Waals surface area contributed by atoms with Gasteiger partial charge in [-0.15, -0.1) is 11.3 Å². The SMILES string of the molecule is Cc1sc(-c2ccncc2)nc1CCOc1ccc2[nH]cc(CC(=O)O)c2c1. The maximum atomic E-state index is 11.0.